The first-order valence-electron chi connectivity index (χ1n) is 4.26. The first kappa shape index (κ1) is 12.6. The summed E-state index contributed by atoms with van der Waals surface area (Å²) in [6, 6.07) is -0.865. The Bertz CT molecular complexity index is 200. The van der Waals surface area contributed by atoms with Gasteiger partial charge in [0.15, 0.2) is 0 Å². The minimum atomic E-state index is -1.03. The lowest BCUT2D eigenvalue weighted by Gasteiger charge is -2.09. The van der Waals surface area contributed by atoms with E-state index in [2.05, 4.69) is 0 Å². The fourth-order valence-corrected chi connectivity index (χ4v) is 0.912. The Balaban J connectivity index is 3.50. The Morgan fingerprint density at radius 3 is 2.36 bits per heavy atom. The van der Waals surface area contributed by atoms with E-state index in [0.29, 0.717) is 38.6 Å². The third-order valence-corrected chi connectivity index (χ3v) is 1.77. The molecule has 0 saturated carbocycles. The average Bonchev–Trinajstić information content (AvgIpc) is 2.17. The number of imide groups is 1. The zero-order chi connectivity index (χ0) is 11.0. The molecule has 0 rings (SSSR count). The van der Waals surface area contributed by atoms with Crippen LogP contribution in [0.3, 0.4) is 0 Å². The van der Waals surface area contributed by atoms with Crippen molar-refractivity contribution < 1.29 is 19.5 Å². The number of carboxylic acid groups (broad SMARTS) is 1. The van der Waals surface area contributed by atoms with Crippen molar-refractivity contribution in [1.29, 1.82) is 0 Å². The molecule has 0 saturated heterocycles. The number of hydrogen-bond acceptors (Lipinski definition) is 4. The predicted molar refractivity (Wildman–Crippen MR) is 48.3 cm³/mol. The minimum absolute atomic E-state index is 0.305. The Kier molecular flexibility index (Phi) is 6.30. The molecule has 14 heavy (non-hydrogen) atoms. The van der Waals surface area contributed by atoms with Crippen LogP contribution < -0.4 is 5.73 Å². The van der Waals surface area contributed by atoms with Crippen molar-refractivity contribution in [2.45, 2.75) is 25.3 Å². The lowest BCUT2D eigenvalue weighted by molar-refractivity contribution is -0.139. The lowest BCUT2D eigenvalue weighted by Crippen LogP contribution is -2.30. The van der Waals surface area contributed by atoms with Crippen LogP contribution in [0.5, 0.6) is 0 Å². The van der Waals surface area contributed by atoms with Crippen molar-refractivity contribution in [3.05, 3.63) is 0 Å². The molecule has 6 nitrogen and oxygen atoms in total. The van der Waals surface area contributed by atoms with Gasteiger partial charge in [-0.1, -0.05) is 0 Å². The van der Waals surface area contributed by atoms with E-state index in [4.69, 9.17) is 10.8 Å². The van der Waals surface area contributed by atoms with E-state index in [0.717, 1.165) is 4.90 Å². The van der Waals surface area contributed by atoms with Crippen LogP contribution in [0.2, 0.25) is 0 Å². The number of nitrogens with two attached hydrogens (primary N) is 1. The monoisotopic (exact) mass is 202 g/mol. The van der Waals surface area contributed by atoms with Gasteiger partial charge in [0.25, 0.3) is 0 Å². The number of carbonyl (C=O) groups is 3. The summed E-state index contributed by atoms with van der Waals surface area (Å²) in [4.78, 5) is 31.6. The zero-order valence-corrected chi connectivity index (χ0v) is 7.76. The summed E-state index contributed by atoms with van der Waals surface area (Å²) < 4.78 is 0. The highest BCUT2D eigenvalue weighted by Crippen LogP contribution is 1.99. The van der Waals surface area contributed by atoms with Crippen LogP contribution >= 0.6 is 0 Å². The second-order valence-corrected chi connectivity index (χ2v) is 2.89. The minimum Gasteiger partial charge on any atom is -0.480 e. The SMILES string of the molecule is NC(CCCCN(C=O)C=O)C(=O)O. The molecule has 0 aromatic carbocycles. The summed E-state index contributed by atoms with van der Waals surface area (Å²) in [5.41, 5.74) is 5.25. The maximum Gasteiger partial charge on any atom is 0.320 e. The largest absolute Gasteiger partial charge is 0.480 e. The summed E-state index contributed by atoms with van der Waals surface area (Å²) in [6.07, 6.45) is 2.36. The van der Waals surface area contributed by atoms with Crippen molar-refractivity contribution >= 4 is 18.8 Å². The Morgan fingerprint density at radius 2 is 1.93 bits per heavy atom. The number of amides is 2. The van der Waals surface area contributed by atoms with Gasteiger partial charge in [-0.25, -0.2) is 0 Å². The van der Waals surface area contributed by atoms with Crippen molar-refractivity contribution in [3.8, 4) is 0 Å². The molecule has 6 heteroatoms. The molecule has 0 aliphatic heterocycles. The van der Waals surface area contributed by atoms with E-state index >= 15 is 0 Å². The second kappa shape index (κ2) is 7.02. The van der Waals surface area contributed by atoms with Crippen LogP contribution in [0.25, 0.3) is 0 Å². The molecule has 0 heterocycles. The topological polar surface area (TPSA) is 101 Å². The molecular weight excluding hydrogens is 188 g/mol. The van der Waals surface area contributed by atoms with Gasteiger partial charge in [0.05, 0.1) is 0 Å². The van der Waals surface area contributed by atoms with Crippen LogP contribution in [-0.4, -0.2) is 41.4 Å². The van der Waals surface area contributed by atoms with E-state index in [9.17, 15) is 14.4 Å². The smallest absolute Gasteiger partial charge is 0.320 e. The molecule has 0 aliphatic rings. The standard InChI is InChI=1S/C8H14N2O4/c9-7(8(13)14)3-1-2-4-10(5-11)6-12/h5-7H,1-4,9H2,(H,13,14). The number of carbonyl (C=O) groups excluding carboxylic acids is 2. The molecule has 0 aromatic heterocycles. The van der Waals surface area contributed by atoms with Gasteiger partial charge >= 0.3 is 5.97 Å². The molecule has 1 unspecified atom stereocenters. The molecule has 0 fully saturated rings. The van der Waals surface area contributed by atoms with Gasteiger partial charge in [-0.05, 0) is 19.3 Å². The van der Waals surface area contributed by atoms with Gasteiger partial charge < -0.3 is 10.8 Å². The van der Waals surface area contributed by atoms with Crippen LogP contribution in [-0.2, 0) is 14.4 Å². The maximum atomic E-state index is 10.3. The first-order chi connectivity index (χ1) is 6.61. The third kappa shape index (κ3) is 5.26. The van der Waals surface area contributed by atoms with Crippen molar-refractivity contribution in [3.63, 3.8) is 0 Å². The van der Waals surface area contributed by atoms with Crippen LogP contribution in [0, 0.1) is 0 Å². The highest BCUT2D eigenvalue weighted by atomic mass is 16.4. The van der Waals surface area contributed by atoms with Gasteiger partial charge in [-0.15, -0.1) is 0 Å². The quantitative estimate of drug-likeness (QED) is 0.395. The molecular formula is C8H14N2O4. The summed E-state index contributed by atoms with van der Waals surface area (Å²) in [6.45, 7) is 0.305. The summed E-state index contributed by atoms with van der Waals surface area (Å²) in [7, 11) is 0. The van der Waals surface area contributed by atoms with Crippen LogP contribution in [0.1, 0.15) is 19.3 Å². The zero-order valence-electron chi connectivity index (χ0n) is 7.76. The van der Waals surface area contributed by atoms with E-state index in [1.165, 1.54) is 0 Å². The van der Waals surface area contributed by atoms with Gasteiger partial charge in [-0.2, -0.15) is 0 Å². The fraction of sp³-hybridized carbons (Fsp3) is 0.625. The van der Waals surface area contributed by atoms with E-state index in [-0.39, 0.29) is 0 Å². The maximum absolute atomic E-state index is 10.3. The number of rotatable bonds is 8. The lowest BCUT2D eigenvalue weighted by atomic mass is 10.1. The molecule has 2 amide bonds. The first-order valence-corrected chi connectivity index (χ1v) is 4.26. The van der Waals surface area contributed by atoms with Crippen LogP contribution in [0.15, 0.2) is 0 Å². The molecule has 1 atom stereocenters. The molecule has 0 spiro atoms. The van der Waals surface area contributed by atoms with E-state index < -0.39 is 12.0 Å². The van der Waals surface area contributed by atoms with Gasteiger partial charge in [-0.3, -0.25) is 19.3 Å². The molecule has 0 aromatic rings. The molecule has 0 aliphatic carbocycles. The van der Waals surface area contributed by atoms with E-state index in [1.807, 2.05) is 0 Å². The van der Waals surface area contributed by atoms with Crippen LogP contribution in [0.4, 0.5) is 0 Å². The highest BCUT2D eigenvalue weighted by molar-refractivity contribution is 5.72. The second-order valence-electron chi connectivity index (χ2n) is 2.89. The average molecular weight is 202 g/mol. The number of carboxylic acids is 1. The predicted octanol–water partition coefficient (Wildman–Crippen LogP) is -0.817. The number of nitrogens with zero attached hydrogens (tertiary/aromatic N) is 1. The molecule has 0 radical (unpaired) electrons. The number of hydrogen-bond donors (Lipinski definition) is 2. The Hall–Kier alpha value is -1.43. The summed E-state index contributed by atoms with van der Waals surface area (Å²) in [5, 5.41) is 8.44. The van der Waals surface area contributed by atoms with E-state index in [1.54, 1.807) is 0 Å². The molecule has 0 bridgehead atoms. The molecule has 80 valence electrons. The number of aliphatic carboxylic acids is 1. The Morgan fingerprint density at radius 1 is 1.36 bits per heavy atom. The van der Waals surface area contributed by atoms with Crippen molar-refractivity contribution in [2.75, 3.05) is 6.54 Å². The summed E-state index contributed by atoms with van der Waals surface area (Å²) >= 11 is 0. The van der Waals surface area contributed by atoms with Gasteiger partial charge in [0.1, 0.15) is 6.04 Å². The van der Waals surface area contributed by atoms with Crippen molar-refractivity contribution in [1.82, 2.24) is 4.90 Å². The fourth-order valence-electron chi connectivity index (χ4n) is 0.912. The van der Waals surface area contributed by atoms with Crippen molar-refractivity contribution in [2.24, 2.45) is 5.73 Å². The summed E-state index contributed by atoms with van der Waals surface area (Å²) in [5.74, 6) is -1.03. The third-order valence-electron chi connectivity index (χ3n) is 1.77. The van der Waals surface area contributed by atoms with Gasteiger partial charge in [0.2, 0.25) is 12.8 Å². The normalized spacial score (nSPS) is 11.8. The number of unbranched alkanes of at least 4 members (excludes halogenated alkanes) is 1. The Labute approximate surface area is 81.7 Å². The highest BCUT2D eigenvalue weighted by Gasteiger charge is 2.10. The van der Waals surface area contributed by atoms with Gasteiger partial charge in [0, 0.05) is 6.54 Å². The molecule has 3 N–H and O–H groups in total.